The standard InChI is InChI=1S/C18H18ClN3O.BrH/c1-3-20-18(23)17-14-6-4-5-7-16(14)22(21-17)11-13-9-8-12(2)10-15(13)19;/h4-10H,3,11H2,1-2H3,(H,20,23);1H/p-1. The van der Waals surface area contributed by atoms with Crippen molar-refractivity contribution in [3.05, 3.63) is 64.3 Å². The van der Waals surface area contributed by atoms with Crippen LogP contribution in [0, 0.1) is 6.92 Å². The molecule has 1 N–H and O–H groups in total. The van der Waals surface area contributed by atoms with Crippen LogP contribution in [-0.4, -0.2) is 22.2 Å². The van der Waals surface area contributed by atoms with Crippen molar-refractivity contribution in [3.63, 3.8) is 0 Å². The van der Waals surface area contributed by atoms with E-state index in [1.807, 2.05) is 61.0 Å². The third-order valence-electron chi connectivity index (χ3n) is 3.74. The normalized spacial score (nSPS) is 10.5. The first-order chi connectivity index (χ1) is 11.1. The van der Waals surface area contributed by atoms with E-state index in [2.05, 4.69) is 10.4 Å². The second-order valence-corrected chi connectivity index (χ2v) is 5.88. The molecule has 1 aromatic heterocycles. The van der Waals surface area contributed by atoms with Crippen molar-refractivity contribution in [2.24, 2.45) is 0 Å². The number of hydrogen-bond acceptors (Lipinski definition) is 2. The van der Waals surface area contributed by atoms with E-state index in [0.717, 1.165) is 22.0 Å². The van der Waals surface area contributed by atoms with Crippen molar-refractivity contribution < 1.29 is 21.8 Å². The van der Waals surface area contributed by atoms with E-state index < -0.39 is 0 Å². The highest BCUT2D eigenvalue weighted by atomic mass is 79.9. The zero-order valence-electron chi connectivity index (χ0n) is 13.5. The Morgan fingerprint density at radius 3 is 2.71 bits per heavy atom. The summed E-state index contributed by atoms with van der Waals surface area (Å²) in [6.45, 7) is 5.00. The molecule has 0 fully saturated rings. The van der Waals surface area contributed by atoms with Gasteiger partial charge in [0, 0.05) is 17.0 Å². The van der Waals surface area contributed by atoms with Crippen LogP contribution in [0.3, 0.4) is 0 Å². The molecule has 0 atom stereocenters. The average Bonchev–Trinajstić information content (AvgIpc) is 2.89. The van der Waals surface area contributed by atoms with Crippen molar-refractivity contribution in [3.8, 4) is 0 Å². The number of nitrogens with one attached hydrogen (secondary N) is 1. The lowest BCUT2D eigenvalue weighted by molar-refractivity contribution is -0.0000131. The first kappa shape index (κ1) is 18.5. The summed E-state index contributed by atoms with van der Waals surface area (Å²) in [5.41, 5.74) is 3.47. The van der Waals surface area contributed by atoms with Gasteiger partial charge in [-0.3, -0.25) is 9.48 Å². The quantitative estimate of drug-likeness (QED) is 0.695. The molecule has 3 rings (SSSR count). The predicted octanol–water partition coefficient (Wildman–Crippen LogP) is 0.800. The number of halogens is 2. The molecule has 0 aliphatic rings. The summed E-state index contributed by atoms with van der Waals surface area (Å²) in [6, 6.07) is 13.7. The monoisotopic (exact) mass is 406 g/mol. The SMILES string of the molecule is CCNC(=O)c1nn(Cc2ccc(C)cc2Cl)c2ccccc12.[Br-]. The third-order valence-corrected chi connectivity index (χ3v) is 4.09. The van der Waals surface area contributed by atoms with Crippen molar-refractivity contribution >= 4 is 28.4 Å². The fourth-order valence-corrected chi connectivity index (χ4v) is 2.90. The minimum atomic E-state index is -0.155. The first-order valence-electron chi connectivity index (χ1n) is 7.59. The van der Waals surface area contributed by atoms with Crippen LogP contribution >= 0.6 is 11.6 Å². The maximum absolute atomic E-state index is 12.2. The van der Waals surface area contributed by atoms with E-state index in [1.54, 1.807) is 0 Å². The number of rotatable bonds is 4. The van der Waals surface area contributed by atoms with Gasteiger partial charge in [-0.15, -0.1) is 0 Å². The molecule has 3 aromatic rings. The maximum atomic E-state index is 12.2. The van der Waals surface area contributed by atoms with Gasteiger partial charge in [0.05, 0.1) is 12.1 Å². The van der Waals surface area contributed by atoms with Gasteiger partial charge in [0.15, 0.2) is 5.69 Å². The number of aryl methyl sites for hydroxylation is 1. The summed E-state index contributed by atoms with van der Waals surface area (Å²) in [6.07, 6.45) is 0. The zero-order valence-corrected chi connectivity index (χ0v) is 15.9. The predicted molar refractivity (Wildman–Crippen MR) is 93.0 cm³/mol. The van der Waals surface area contributed by atoms with E-state index in [-0.39, 0.29) is 22.9 Å². The van der Waals surface area contributed by atoms with Gasteiger partial charge < -0.3 is 22.3 Å². The van der Waals surface area contributed by atoms with Crippen LogP contribution in [0.25, 0.3) is 10.9 Å². The van der Waals surface area contributed by atoms with Gasteiger partial charge in [-0.2, -0.15) is 5.10 Å². The Morgan fingerprint density at radius 1 is 1.25 bits per heavy atom. The van der Waals surface area contributed by atoms with Gasteiger partial charge in [0.25, 0.3) is 5.91 Å². The number of nitrogens with zero attached hydrogens (tertiary/aromatic N) is 2. The molecule has 0 radical (unpaired) electrons. The fraction of sp³-hybridized carbons (Fsp3) is 0.222. The summed E-state index contributed by atoms with van der Waals surface area (Å²) in [5, 5.41) is 8.88. The third kappa shape index (κ3) is 3.62. The van der Waals surface area contributed by atoms with E-state index in [1.165, 1.54) is 0 Å². The maximum Gasteiger partial charge on any atom is 0.272 e. The highest BCUT2D eigenvalue weighted by Gasteiger charge is 2.16. The molecule has 4 nitrogen and oxygen atoms in total. The lowest BCUT2D eigenvalue weighted by Gasteiger charge is -2.07. The molecular weight excluding hydrogens is 390 g/mol. The largest absolute Gasteiger partial charge is 1.00 e. The molecule has 0 spiro atoms. The molecule has 0 saturated carbocycles. The van der Waals surface area contributed by atoms with Crippen LogP contribution in [0.2, 0.25) is 5.02 Å². The van der Waals surface area contributed by atoms with Crippen LogP contribution < -0.4 is 22.3 Å². The van der Waals surface area contributed by atoms with Crippen molar-refractivity contribution in [1.82, 2.24) is 15.1 Å². The lowest BCUT2D eigenvalue weighted by Crippen LogP contribution is -3.00. The van der Waals surface area contributed by atoms with E-state index >= 15 is 0 Å². The molecule has 0 aliphatic carbocycles. The van der Waals surface area contributed by atoms with E-state index in [9.17, 15) is 4.79 Å². The summed E-state index contributed by atoms with van der Waals surface area (Å²) in [5.74, 6) is -0.155. The number of aromatic nitrogens is 2. The number of hydrogen-bond donors (Lipinski definition) is 1. The number of para-hydroxylation sites is 1. The van der Waals surface area contributed by atoms with Crippen LogP contribution in [-0.2, 0) is 6.54 Å². The number of amides is 1. The Hall–Kier alpha value is -1.85. The van der Waals surface area contributed by atoms with Gasteiger partial charge >= 0.3 is 0 Å². The molecule has 1 heterocycles. The van der Waals surface area contributed by atoms with Crippen molar-refractivity contribution in [2.45, 2.75) is 20.4 Å². The Morgan fingerprint density at radius 2 is 2.00 bits per heavy atom. The summed E-state index contributed by atoms with van der Waals surface area (Å²) < 4.78 is 1.83. The fourth-order valence-electron chi connectivity index (χ4n) is 2.60. The topological polar surface area (TPSA) is 46.9 Å². The molecule has 126 valence electrons. The van der Waals surface area contributed by atoms with Gasteiger partial charge in [-0.1, -0.05) is 41.9 Å². The zero-order chi connectivity index (χ0) is 16.4. The Balaban J connectivity index is 0.00000208. The first-order valence-corrected chi connectivity index (χ1v) is 7.96. The Kier molecular flexibility index (Phi) is 6.02. The summed E-state index contributed by atoms with van der Waals surface area (Å²) >= 11 is 6.33. The van der Waals surface area contributed by atoms with Gasteiger partial charge in [-0.05, 0) is 37.1 Å². The van der Waals surface area contributed by atoms with Crippen molar-refractivity contribution in [2.75, 3.05) is 6.54 Å². The van der Waals surface area contributed by atoms with Crippen LogP contribution in [0.1, 0.15) is 28.5 Å². The smallest absolute Gasteiger partial charge is 0.272 e. The molecule has 0 aliphatic heterocycles. The lowest BCUT2D eigenvalue weighted by atomic mass is 10.1. The highest BCUT2D eigenvalue weighted by molar-refractivity contribution is 6.31. The van der Waals surface area contributed by atoms with E-state index in [0.29, 0.717) is 23.8 Å². The second kappa shape index (κ2) is 7.81. The number of carbonyl (C=O) groups is 1. The Labute approximate surface area is 156 Å². The van der Waals surface area contributed by atoms with Gasteiger partial charge in [0.1, 0.15) is 0 Å². The molecule has 1 amide bonds. The number of benzene rings is 2. The molecular formula is C18H18BrClN3O-. The average molecular weight is 408 g/mol. The minimum Gasteiger partial charge on any atom is -1.00 e. The molecule has 0 unspecified atom stereocenters. The van der Waals surface area contributed by atoms with Crippen molar-refractivity contribution in [1.29, 1.82) is 0 Å². The highest BCUT2D eigenvalue weighted by Crippen LogP contribution is 2.23. The Bertz CT molecular complexity index is 876. The molecule has 2 aromatic carbocycles. The van der Waals surface area contributed by atoms with Crippen LogP contribution in [0.4, 0.5) is 0 Å². The number of carbonyl (C=O) groups excluding carboxylic acids is 1. The molecule has 0 saturated heterocycles. The molecule has 6 heteroatoms. The summed E-state index contributed by atoms with van der Waals surface area (Å²) in [7, 11) is 0. The molecule has 0 bridgehead atoms. The second-order valence-electron chi connectivity index (χ2n) is 5.48. The number of fused-ring (bicyclic) bond motifs is 1. The van der Waals surface area contributed by atoms with Crippen LogP contribution in [0.5, 0.6) is 0 Å². The van der Waals surface area contributed by atoms with Crippen LogP contribution in [0.15, 0.2) is 42.5 Å². The minimum absolute atomic E-state index is 0. The van der Waals surface area contributed by atoms with Gasteiger partial charge in [-0.25, -0.2) is 0 Å². The van der Waals surface area contributed by atoms with Gasteiger partial charge in [0.2, 0.25) is 0 Å². The molecule has 24 heavy (non-hydrogen) atoms. The van der Waals surface area contributed by atoms with E-state index in [4.69, 9.17) is 11.6 Å². The summed E-state index contributed by atoms with van der Waals surface area (Å²) in [4.78, 5) is 12.2.